The van der Waals surface area contributed by atoms with Crippen LogP contribution in [0, 0.1) is 0 Å². The molecule has 2 aromatic rings. The van der Waals surface area contributed by atoms with Gasteiger partial charge in [0.15, 0.2) is 6.04 Å². The monoisotopic (exact) mass is 328 g/mol. The number of methoxy groups -OCH3 is 1. The van der Waals surface area contributed by atoms with Crippen LogP contribution in [0.5, 0.6) is 0 Å². The maximum atomic E-state index is 12.6. The van der Waals surface area contributed by atoms with E-state index in [9.17, 15) is 14.7 Å². The zero-order chi connectivity index (χ0) is 17.4. The first-order valence-corrected chi connectivity index (χ1v) is 7.51. The van der Waals surface area contributed by atoms with Crippen molar-refractivity contribution in [1.29, 1.82) is 0 Å². The second-order valence-electron chi connectivity index (χ2n) is 5.13. The second-order valence-corrected chi connectivity index (χ2v) is 5.13. The average Bonchev–Trinajstić information content (AvgIpc) is 2.63. The number of hydrogen-bond donors (Lipinski definition) is 2. The van der Waals surface area contributed by atoms with Gasteiger partial charge in [-0.25, -0.2) is 9.59 Å². The van der Waals surface area contributed by atoms with Crippen LogP contribution in [0.15, 0.2) is 60.7 Å². The Balaban J connectivity index is 2.23. The summed E-state index contributed by atoms with van der Waals surface area (Å²) in [4.78, 5) is 25.8. The Bertz CT molecular complexity index is 661. The van der Waals surface area contributed by atoms with E-state index in [1.165, 1.54) is 12.0 Å². The minimum absolute atomic E-state index is 0.167. The molecule has 0 aliphatic rings. The molecule has 24 heavy (non-hydrogen) atoms. The number of rotatable bonds is 6. The summed E-state index contributed by atoms with van der Waals surface area (Å²) in [5.41, 5.74) is 1.44. The average molecular weight is 328 g/mol. The summed E-state index contributed by atoms with van der Waals surface area (Å²) < 4.78 is 4.70. The third kappa shape index (κ3) is 4.57. The number of aliphatic hydroxyl groups is 1. The molecule has 1 atom stereocenters. The van der Waals surface area contributed by atoms with Gasteiger partial charge in [0.25, 0.3) is 0 Å². The van der Waals surface area contributed by atoms with Crippen LogP contribution in [-0.2, 0) is 16.1 Å². The molecule has 0 aliphatic carbocycles. The molecule has 0 fully saturated rings. The number of anilines is 1. The zero-order valence-corrected chi connectivity index (χ0v) is 13.4. The summed E-state index contributed by atoms with van der Waals surface area (Å²) in [7, 11) is 1.22. The topological polar surface area (TPSA) is 78.9 Å². The van der Waals surface area contributed by atoms with Crippen molar-refractivity contribution in [2.24, 2.45) is 0 Å². The van der Waals surface area contributed by atoms with Gasteiger partial charge in [0.2, 0.25) is 0 Å². The number of nitrogens with zero attached hydrogens (tertiary/aromatic N) is 1. The predicted octanol–water partition coefficient (Wildman–Crippen LogP) is 2.25. The first-order chi connectivity index (χ1) is 11.7. The van der Waals surface area contributed by atoms with Crippen LogP contribution >= 0.6 is 0 Å². The molecule has 0 radical (unpaired) electrons. The minimum atomic E-state index is -1.08. The third-order valence-electron chi connectivity index (χ3n) is 3.50. The van der Waals surface area contributed by atoms with Crippen molar-refractivity contribution in [2.45, 2.75) is 12.6 Å². The van der Waals surface area contributed by atoms with Crippen molar-refractivity contribution in [3.63, 3.8) is 0 Å². The summed E-state index contributed by atoms with van der Waals surface area (Å²) in [5, 5.41) is 12.3. The van der Waals surface area contributed by atoms with Crippen molar-refractivity contribution in [2.75, 3.05) is 19.0 Å². The van der Waals surface area contributed by atoms with Crippen LogP contribution in [0.1, 0.15) is 5.56 Å². The lowest BCUT2D eigenvalue weighted by molar-refractivity contribution is -0.147. The minimum Gasteiger partial charge on any atom is -0.467 e. The van der Waals surface area contributed by atoms with E-state index < -0.39 is 24.6 Å². The molecule has 6 heteroatoms. The van der Waals surface area contributed by atoms with Gasteiger partial charge in [0, 0.05) is 12.2 Å². The molecule has 0 spiro atoms. The van der Waals surface area contributed by atoms with Gasteiger partial charge in [0.1, 0.15) is 0 Å². The molecule has 0 aliphatic heterocycles. The van der Waals surface area contributed by atoms with Crippen LogP contribution in [-0.4, -0.2) is 41.8 Å². The molecule has 2 rings (SSSR count). The Morgan fingerprint density at radius 2 is 1.67 bits per heavy atom. The second kappa shape index (κ2) is 8.69. The van der Waals surface area contributed by atoms with E-state index in [-0.39, 0.29) is 6.54 Å². The number of ether oxygens (including phenoxy) is 1. The quantitative estimate of drug-likeness (QED) is 0.797. The number of nitrogens with one attached hydrogen (secondary N) is 1. The summed E-state index contributed by atoms with van der Waals surface area (Å²) in [6.45, 7) is -0.360. The third-order valence-corrected chi connectivity index (χ3v) is 3.50. The van der Waals surface area contributed by atoms with Crippen molar-refractivity contribution >= 4 is 17.7 Å². The lowest BCUT2D eigenvalue weighted by Crippen LogP contribution is -2.49. The Hall–Kier alpha value is -2.86. The molecule has 0 unspecified atom stereocenters. The lowest BCUT2D eigenvalue weighted by atomic mass is 10.2. The number of urea groups is 1. The molecule has 0 heterocycles. The van der Waals surface area contributed by atoms with Crippen molar-refractivity contribution in [1.82, 2.24) is 4.90 Å². The number of para-hydroxylation sites is 1. The van der Waals surface area contributed by atoms with E-state index in [1.54, 1.807) is 24.3 Å². The lowest BCUT2D eigenvalue weighted by Gasteiger charge is -2.29. The Morgan fingerprint density at radius 3 is 2.21 bits per heavy atom. The molecular formula is C18H20N2O4. The highest BCUT2D eigenvalue weighted by molar-refractivity contribution is 5.92. The molecule has 0 saturated heterocycles. The summed E-state index contributed by atoms with van der Waals surface area (Å²) in [6.07, 6.45) is 0. The summed E-state index contributed by atoms with van der Waals surface area (Å²) in [6, 6.07) is 16.6. The predicted molar refractivity (Wildman–Crippen MR) is 90.3 cm³/mol. The fourth-order valence-electron chi connectivity index (χ4n) is 2.26. The van der Waals surface area contributed by atoms with Crippen LogP contribution in [0.2, 0.25) is 0 Å². The van der Waals surface area contributed by atoms with E-state index in [0.29, 0.717) is 5.69 Å². The number of carbonyl (C=O) groups excluding carboxylic acids is 2. The van der Waals surface area contributed by atoms with Gasteiger partial charge >= 0.3 is 12.0 Å². The highest BCUT2D eigenvalue weighted by Crippen LogP contribution is 2.13. The number of aliphatic hydroxyl groups excluding tert-OH is 1. The van der Waals surface area contributed by atoms with E-state index in [0.717, 1.165) is 5.56 Å². The standard InChI is InChI=1S/C18H20N2O4/c1-24-17(22)16(13-21)20(12-14-8-4-2-5-9-14)18(23)19-15-10-6-3-7-11-15/h2-11,16,21H,12-13H2,1H3,(H,19,23)/t16-/m0/s1. The van der Waals surface area contributed by atoms with Crippen LogP contribution in [0.4, 0.5) is 10.5 Å². The molecule has 0 aromatic heterocycles. The van der Waals surface area contributed by atoms with E-state index in [4.69, 9.17) is 4.74 Å². The molecule has 0 saturated carbocycles. The van der Waals surface area contributed by atoms with E-state index in [1.807, 2.05) is 36.4 Å². The van der Waals surface area contributed by atoms with Crippen molar-refractivity contribution in [3.05, 3.63) is 66.2 Å². The number of carbonyl (C=O) groups is 2. The Labute approximate surface area is 140 Å². The largest absolute Gasteiger partial charge is 0.467 e. The SMILES string of the molecule is COC(=O)[C@H](CO)N(Cc1ccccc1)C(=O)Nc1ccccc1. The first kappa shape index (κ1) is 17.5. The van der Waals surface area contributed by atoms with Gasteiger partial charge in [-0.15, -0.1) is 0 Å². The van der Waals surface area contributed by atoms with E-state index in [2.05, 4.69) is 5.32 Å². The van der Waals surface area contributed by atoms with Gasteiger partial charge in [0.05, 0.1) is 13.7 Å². The number of benzene rings is 2. The van der Waals surface area contributed by atoms with Gasteiger partial charge in [-0.2, -0.15) is 0 Å². The fourth-order valence-corrected chi connectivity index (χ4v) is 2.26. The Morgan fingerprint density at radius 1 is 1.08 bits per heavy atom. The van der Waals surface area contributed by atoms with Crippen molar-refractivity contribution in [3.8, 4) is 0 Å². The molecular weight excluding hydrogens is 308 g/mol. The smallest absolute Gasteiger partial charge is 0.331 e. The normalized spacial score (nSPS) is 11.4. The van der Waals surface area contributed by atoms with Crippen LogP contribution in [0.3, 0.4) is 0 Å². The highest BCUT2D eigenvalue weighted by Gasteiger charge is 2.30. The number of amides is 2. The maximum absolute atomic E-state index is 12.6. The van der Waals surface area contributed by atoms with Crippen LogP contribution < -0.4 is 5.32 Å². The van der Waals surface area contributed by atoms with Crippen molar-refractivity contribution < 1.29 is 19.4 Å². The van der Waals surface area contributed by atoms with E-state index >= 15 is 0 Å². The first-order valence-electron chi connectivity index (χ1n) is 7.51. The molecule has 2 amide bonds. The van der Waals surface area contributed by atoms with Crippen LogP contribution in [0.25, 0.3) is 0 Å². The number of esters is 1. The maximum Gasteiger partial charge on any atom is 0.331 e. The van der Waals surface area contributed by atoms with Gasteiger partial charge < -0.3 is 20.1 Å². The molecule has 6 nitrogen and oxygen atoms in total. The summed E-state index contributed by atoms with van der Waals surface area (Å²) >= 11 is 0. The van der Waals surface area contributed by atoms with Gasteiger partial charge in [-0.1, -0.05) is 48.5 Å². The molecule has 2 aromatic carbocycles. The number of hydrogen-bond acceptors (Lipinski definition) is 4. The highest BCUT2D eigenvalue weighted by atomic mass is 16.5. The molecule has 0 bridgehead atoms. The van der Waals surface area contributed by atoms with Gasteiger partial charge in [-0.3, -0.25) is 0 Å². The van der Waals surface area contributed by atoms with Gasteiger partial charge in [-0.05, 0) is 17.7 Å². The molecule has 2 N–H and O–H groups in total. The zero-order valence-electron chi connectivity index (χ0n) is 13.4. The Kier molecular flexibility index (Phi) is 6.33. The molecule has 126 valence electrons. The summed E-state index contributed by atoms with van der Waals surface area (Å²) in [5.74, 6) is -0.670. The fraction of sp³-hybridized carbons (Fsp3) is 0.222.